The van der Waals surface area contributed by atoms with Crippen LogP contribution in [0.1, 0.15) is 22.2 Å². The van der Waals surface area contributed by atoms with E-state index < -0.39 is 30.3 Å². The maximum Gasteiger partial charge on any atom is 0.243 e. The fraction of sp³-hybridized carbons (Fsp3) is 0.467. The van der Waals surface area contributed by atoms with Gasteiger partial charge >= 0.3 is 0 Å². The Kier molecular flexibility index (Phi) is 3.49. The summed E-state index contributed by atoms with van der Waals surface area (Å²) in [6, 6.07) is 3.81. The van der Waals surface area contributed by atoms with Crippen LogP contribution in [0, 0.1) is 5.92 Å². The number of hydrogen-bond donors (Lipinski definition) is 2. The van der Waals surface area contributed by atoms with E-state index in [1.54, 1.807) is 24.3 Å². The van der Waals surface area contributed by atoms with Crippen LogP contribution in [0.15, 0.2) is 24.3 Å². The molecule has 1 aromatic carbocycles. The van der Waals surface area contributed by atoms with Crippen molar-refractivity contribution in [2.75, 3.05) is 7.11 Å². The number of hydrogen-bond acceptors (Lipinski definition) is 3. The molecule has 2 amide bonds. The minimum absolute atomic E-state index is 0.0846. The van der Waals surface area contributed by atoms with Crippen LogP contribution in [-0.2, 0) is 16.0 Å². The molecule has 0 radical (unpaired) electrons. The molecule has 1 saturated heterocycles. The van der Waals surface area contributed by atoms with Gasteiger partial charge in [-0.15, -0.1) is 0 Å². The van der Waals surface area contributed by atoms with Gasteiger partial charge in [0.15, 0.2) is 0 Å². The SMILES string of the molecule is [2H]C(c1ccc(OC)cc1)[C@]1([2H])NC(=O)[C@H](C(C)C)NC1=O. The largest absolute Gasteiger partial charge is 0.497 e. The average Bonchev–Trinajstić information content (AvgIpc) is 2.50. The predicted octanol–water partition coefficient (Wildman–Crippen LogP) is 0.877. The normalized spacial score (nSPS) is 29.1. The topological polar surface area (TPSA) is 67.4 Å². The number of ether oxygens (including phenoxy) is 1. The van der Waals surface area contributed by atoms with E-state index >= 15 is 0 Å². The summed E-state index contributed by atoms with van der Waals surface area (Å²) in [7, 11) is 1.53. The maximum atomic E-state index is 12.3. The van der Waals surface area contributed by atoms with E-state index in [-0.39, 0.29) is 5.92 Å². The van der Waals surface area contributed by atoms with Crippen molar-refractivity contribution in [3.05, 3.63) is 29.8 Å². The lowest BCUT2D eigenvalue weighted by atomic mass is 9.97. The molecule has 1 aliphatic rings. The minimum Gasteiger partial charge on any atom is -0.497 e. The number of amides is 2. The molecular formula is C15H20N2O3. The highest BCUT2D eigenvalue weighted by atomic mass is 16.5. The van der Waals surface area contributed by atoms with E-state index in [0.717, 1.165) is 0 Å². The Hall–Kier alpha value is -2.04. The molecule has 3 atom stereocenters. The van der Waals surface area contributed by atoms with E-state index in [4.69, 9.17) is 7.48 Å². The summed E-state index contributed by atoms with van der Waals surface area (Å²) >= 11 is 0. The second kappa shape index (κ2) is 5.94. The molecule has 0 spiro atoms. The van der Waals surface area contributed by atoms with E-state index in [2.05, 4.69) is 10.6 Å². The van der Waals surface area contributed by atoms with Crippen molar-refractivity contribution in [1.82, 2.24) is 10.6 Å². The van der Waals surface area contributed by atoms with Crippen molar-refractivity contribution in [3.63, 3.8) is 0 Å². The second-order valence-electron chi connectivity index (χ2n) is 5.02. The van der Waals surface area contributed by atoms with Gasteiger partial charge in [0.2, 0.25) is 11.8 Å². The van der Waals surface area contributed by atoms with Crippen LogP contribution < -0.4 is 15.4 Å². The molecule has 0 bridgehead atoms. The Labute approximate surface area is 121 Å². The van der Waals surface area contributed by atoms with Crippen LogP contribution in [0.4, 0.5) is 0 Å². The lowest BCUT2D eigenvalue weighted by molar-refractivity contribution is -0.137. The van der Waals surface area contributed by atoms with Gasteiger partial charge in [-0.3, -0.25) is 9.59 Å². The zero-order chi connectivity index (χ0) is 16.5. The average molecular weight is 278 g/mol. The summed E-state index contributed by atoms with van der Waals surface area (Å²) in [5.41, 5.74) is 0.453. The van der Waals surface area contributed by atoms with Crippen LogP contribution >= 0.6 is 0 Å². The number of piperazine rings is 1. The highest BCUT2D eigenvalue weighted by molar-refractivity contribution is 5.97. The van der Waals surface area contributed by atoms with E-state index in [1.165, 1.54) is 7.11 Å². The molecule has 5 nitrogen and oxygen atoms in total. The Morgan fingerprint density at radius 2 is 1.90 bits per heavy atom. The number of carbonyl (C=O) groups excluding carboxylic acids is 2. The van der Waals surface area contributed by atoms with Crippen molar-refractivity contribution in [2.24, 2.45) is 5.92 Å². The summed E-state index contributed by atoms with van der Waals surface area (Å²) < 4.78 is 21.5. The molecule has 0 aliphatic carbocycles. The summed E-state index contributed by atoms with van der Waals surface area (Å²) in [6.45, 7) is 3.62. The van der Waals surface area contributed by atoms with Gasteiger partial charge in [-0.1, -0.05) is 26.0 Å². The number of methoxy groups -OCH3 is 1. The van der Waals surface area contributed by atoms with Gasteiger partial charge in [-0.25, -0.2) is 0 Å². The summed E-state index contributed by atoms with van der Waals surface area (Å²) in [5, 5.41) is 4.94. The smallest absolute Gasteiger partial charge is 0.243 e. The molecule has 2 rings (SSSR count). The molecule has 108 valence electrons. The summed E-state index contributed by atoms with van der Waals surface area (Å²) in [4.78, 5) is 24.3. The highest BCUT2D eigenvalue weighted by Crippen LogP contribution is 2.14. The molecular weight excluding hydrogens is 256 g/mol. The first-order chi connectivity index (χ1) is 10.3. The van der Waals surface area contributed by atoms with Gasteiger partial charge in [0.1, 0.15) is 17.8 Å². The summed E-state index contributed by atoms with van der Waals surface area (Å²) in [6.07, 6.45) is -1.24. The highest BCUT2D eigenvalue weighted by Gasteiger charge is 2.34. The van der Waals surface area contributed by atoms with Crippen LogP contribution in [0.2, 0.25) is 0 Å². The molecule has 0 aromatic heterocycles. The van der Waals surface area contributed by atoms with Crippen molar-refractivity contribution >= 4 is 11.8 Å². The zero-order valence-corrected chi connectivity index (χ0v) is 11.8. The third-order valence-corrected chi connectivity index (χ3v) is 3.17. The number of benzene rings is 1. The third-order valence-electron chi connectivity index (χ3n) is 3.17. The van der Waals surface area contributed by atoms with E-state index in [1.807, 2.05) is 13.8 Å². The minimum atomic E-state index is -2.04. The number of nitrogens with one attached hydrogen (secondary N) is 2. The molecule has 1 aliphatic heterocycles. The van der Waals surface area contributed by atoms with Gasteiger partial charge in [0.05, 0.1) is 8.48 Å². The third kappa shape index (κ3) is 3.10. The second-order valence-corrected chi connectivity index (χ2v) is 5.02. The summed E-state index contributed by atoms with van der Waals surface area (Å²) in [5.74, 6) is -0.567. The van der Waals surface area contributed by atoms with Crippen LogP contribution in [0.3, 0.4) is 0 Å². The Balaban J connectivity index is 2.25. The molecule has 0 saturated carbocycles. The van der Waals surface area contributed by atoms with E-state index in [9.17, 15) is 9.59 Å². The molecule has 20 heavy (non-hydrogen) atoms. The first-order valence-corrected chi connectivity index (χ1v) is 6.48. The maximum absolute atomic E-state index is 12.3. The van der Waals surface area contributed by atoms with Gasteiger partial charge < -0.3 is 15.4 Å². The van der Waals surface area contributed by atoms with E-state index in [0.29, 0.717) is 11.3 Å². The molecule has 1 heterocycles. The molecule has 5 heteroatoms. The number of rotatable bonds is 4. The van der Waals surface area contributed by atoms with Crippen molar-refractivity contribution in [1.29, 1.82) is 0 Å². The lowest BCUT2D eigenvalue weighted by Crippen LogP contribution is -2.63. The lowest BCUT2D eigenvalue weighted by Gasteiger charge is -2.31. The van der Waals surface area contributed by atoms with Crippen LogP contribution in [0.5, 0.6) is 5.75 Å². The Morgan fingerprint density at radius 3 is 2.45 bits per heavy atom. The predicted molar refractivity (Wildman–Crippen MR) is 75.4 cm³/mol. The van der Waals surface area contributed by atoms with Crippen molar-refractivity contribution in [3.8, 4) is 5.75 Å². The number of carbonyl (C=O) groups is 2. The van der Waals surface area contributed by atoms with Gasteiger partial charge in [-0.2, -0.15) is 0 Å². The van der Waals surface area contributed by atoms with Crippen LogP contribution in [-0.4, -0.2) is 31.0 Å². The first kappa shape index (κ1) is 11.8. The molecule has 1 fully saturated rings. The Morgan fingerprint density at radius 1 is 1.25 bits per heavy atom. The van der Waals surface area contributed by atoms with Gasteiger partial charge in [-0.05, 0) is 23.6 Å². The fourth-order valence-electron chi connectivity index (χ4n) is 1.99. The van der Waals surface area contributed by atoms with Gasteiger partial charge in [0.25, 0.3) is 0 Å². The van der Waals surface area contributed by atoms with Crippen molar-refractivity contribution < 1.29 is 17.1 Å². The van der Waals surface area contributed by atoms with Crippen LogP contribution in [0.25, 0.3) is 0 Å². The Bertz CT molecular complexity index is 577. The zero-order valence-electron chi connectivity index (χ0n) is 13.8. The molecule has 2 N–H and O–H groups in total. The molecule has 1 aromatic rings. The van der Waals surface area contributed by atoms with Crippen molar-refractivity contribution in [2.45, 2.75) is 32.3 Å². The molecule has 1 unspecified atom stereocenters. The fourth-order valence-corrected chi connectivity index (χ4v) is 1.99. The standard InChI is InChI=1S/C15H20N2O3/c1-9(2)13-15(19)16-12(14(18)17-13)8-10-4-6-11(20-3)7-5-10/h4-7,9,12-13H,8H2,1-3H3,(H,16,19)(H,17,18)/t12-,13-/m0/s1/i8D,12D/t8?,12-,13-. The quantitative estimate of drug-likeness (QED) is 0.859. The first-order valence-electron chi connectivity index (χ1n) is 7.56. The van der Waals surface area contributed by atoms with Gasteiger partial charge in [0, 0.05) is 7.77 Å². The monoisotopic (exact) mass is 278 g/mol.